The van der Waals surface area contributed by atoms with Crippen LogP contribution in [-0.2, 0) is 16.4 Å². The number of aryl methyl sites for hydroxylation is 1. The predicted molar refractivity (Wildman–Crippen MR) is 94.3 cm³/mol. The van der Waals surface area contributed by atoms with Gasteiger partial charge in [-0.3, -0.25) is 4.98 Å². The van der Waals surface area contributed by atoms with Gasteiger partial charge in [0.05, 0.1) is 11.3 Å². The van der Waals surface area contributed by atoms with Crippen molar-refractivity contribution < 1.29 is 12.9 Å². The van der Waals surface area contributed by atoms with Gasteiger partial charge in [0.2, 0.25) is 10.0 Å². The van der Waals surface area contributed by atoms with Crippen LogP contribution in [-0.4, -0.2) is 46.2 Å². The standard InChI is InChI=1S/C17H24N4O3S/c1-2-3-12-25(22,23)21-11-5-7-15(21)8-9-16-19-17(24-20-16)14-6-4-10-18-13-14/h4,6,10,13,15H,2-3,5,7-9,11-12H2,1H3. The van der Waals surface area contributed by atoms with Crippen LogP contribution in [0, 0.1) is 0 Å². The maximum Gasteiger partial charge on any atom is 0.259 e. The maximum absolute atomic E-state index is 12.5. The maximum atomic E-state index is 12.5. The topological polar surface area (TPSA) is 89.2 Å². The Kier molecular flexibility index (Phi) is 5.80. The largest absolute Gasteiger partial charge is 0.334 e. The fraction of sp³-hybridized carbons (Fsp3) is 0.588. The van der Waals surface area contributed by atoms with Gasteiger partial charge < -0.3 is 4.52 Å². The van der Waals surface area contributed by atoms with Gasteiger partial charge in [0.15, 0.2) is 5.82 Å². The Morgan fingerprint density at radius 3 is 3.04 bits per heavy atom. The quantitative estimate of drug-likeness (QED) is 0.715. The molecular formula is C17H24N4O3S. The van der Waals surface area contributed by atoms with Gasteiger partial charge in [0.1, 0.15) is 0 Å². The lowest BCUT2D eigenvalue weighted by Crippen LogP contribution is -2.37. The highest BCUT2D eigenvalue weighted by Gasteiger charge is 2.33. The number of aromatic nitrogens is 3. The molecule has 0 amide bonds. The molecule has 0 spiro atoms. The number of hydrogen-bond acceptors (Lipinski definition) is 6. The summed E-state index contributed by atoms with van der Waals surface area (Å²) in [6.07, 6.45) is 8.11. The van der Waals surface area contributed by atoms with E-state index in [-0.39, 0.29) is 11.8 Å². The lowest BCUT2D eigenvalue weighted by Gasteiger charge is -2.23. The zero-order valence-corrected chi connectivity index (χ0v) is 15.3. The molecule has 8 heteroatoms. The van der Waals surface area contributed by atoms with Gasteiger partial charge in [-0.2, -0.15) is 9.29 Å². The summed E-state index contributed by atoms with van der Waals surface area (Å²) in [6.45, 7) is 2.64. The Labute approximate surface area is 148 Å². The first-order valence-corrected chi connectivity index (χ1v) is 10.4. The van der Waals surface area contributed by atoms with Gasteiger partial charge in [-0.1, -0.05) is 18.5 Å². The third-order valence-corrected chi connectivity index (χ3v) is 6.51. The van der Waals surface area contributed by atoms with Crippen LogP contribution in [0.2, 0.25) is 0 Å². The molecule has 2 aromatic rings. The Morgan fingerprint density at radius 2 is 2.28 bits per heavy atom. The van der Waals surface area contributed by atoms with E-state index >= 15 is 0 Å². The van der Waals surface area contributed by atoms with Crippen LogP contribution >= 0.6 is 0 Å². The molecule has 2 aromatic heterocycles. The van der Waals surface area contributed by atoms with E-state index in [9.17, 15) is 8.42 Å². The van der Waals surface area contributed by atoms with Crippen molar-refractivity contribution in [2.75, 3.05) is 12.3 Å². The van der Waals surface area contributed by atoms with E-state index in [0.29, 0.717) is 31.1 Å². The Hall–Kier alpha value is -1.80. The molecule has 1 aliphatic heterocycles. The van der Waals surface area contributed by atoms with Gasteiger partial charge in [-0.25, -0.2) is 8.42 Å². The molecule has 0 aliphatic carbocycles. The van der Waals surface area contributed by atoms with E-state index in [1.54, 1.807) is 16.7 Å². The van der Waals surface area contributed by atoms with Crippen molar-refractivity contribution in [2.45, 2.75) is 51.5 Å². The van der Waals surface area contributed by atoms with Crippen LogP contribution in [0.4, 0.5) is 0 Å². The molecule has 1 aliphatic rings. The predicted octanol–water partition coefficient (Wildman–Crippen LogP) is 2.66. The zero-order chi connectivity index (χ0) is 17.7. The highest BCUT2D eigenvalue weighted by molar-refractivity contribution is 7.89. The monoisotopic (exact) mass is 364 g/mol. The molecule has 136 valence electrons. The molecule has 0 aromatic carbocycles. The Bertz CT molecular complexity index is 776. The second kappa shape index (κ2) is 8.05. The van der Waals surface area contributed by atoms with Crippen molar-refractivity contribution in [1.29, 1.82) is 0 Å². The molecule has 3 rings (SSSR count). The SMILES string of the molecule is CCCCS(=O)(=O)N1CCCC1CCc1noc(-c2cccnc2)n1. The minimum Gasteiger partial charge on any atom is -0.334 e. The van der Waals surface area contributed by atoms with Gasteiger partial charge in [0, 0.05) is 31.4 Å². The summed E-state index contributed by atoms with van der Waals surface area (Å²) in [4.78, 5) is 8.43. The van der Waals surface area contributed by atoms with Crippen molar-refractivity contribution in [1.82, 2.24) is 19.4 Å². The number of nitrogens with zero attached hydrogens (tertiary/aromatic N) is 4. The molecule has 7 nitrogen and oxygen atoms in total. The molecule has 1 atom stereocenters. The van der Waals surface area contributed by atoms with E-state index in [0.717, 1.165) is 31.2 Å². The Balaban J connectivity index is 1.60. The highest BCUT2D eigenvalue weighted by atomic mass is 32.2. The molecule has 25 heavy (non-hydrogen) atoms. The molecular weight excluding hydrogens is 340 g/mol. The summed E-state index contributed by atoms with van der Waals surface area (Å²) >= 11 is 0. The second-order valence-corrected chi connectivity index (χ2v) is 8.41. The van der Waals surface area contributed by atoms with Crippen LogP contribution in [0.5, 0.6) is 0 Å². The minimum absolute atomic E-state index is 0.0437. The fourth-order valence-corrected chi connectivity index (χ4v) is 5.13. The number of unbranched alkanes of at least 4 members (excludes halogenated alkanes) is 1. The summed E-state index contributed by atoms with van der Waals surface area (Å²) in [5.41, 5.74) is 0.783. The van der Waals surface area contributed by atoms with E-state index in [1.165, 1.54) is 0 Å². The number of hydrogen-bond donors (Lipinski definition) is 0. The number of rotatable bonds is 8. The third kappa shape index (κ3) is 4.43. The molecule has 0 radical (unpaired) electrons. The number of sulfonamides is 1. The lowest BCUT2D eigenvalue weighted by atomic mass is 10.1. The van der Waals surface area contributed by atoms with E-state index in [2.05, 4.69) is 15.1 Å². The molecule has 0 saturated carbocycles. The van der Waals surface area contributed by atoms with Gasteiger partial charge in [-0.05, 0) is 37.8 Å². The minimum atomic E-state index is -3.15. The second-order valence-electron chi connectivity index (χ2n) is 6.37. The normalized spacial score (nSPS) is 18.7. The first-order valence-electron chi connectivity index (χ1n) is 8.82. The van der Waals surface area contributed by atoms with Crippen molar-refractivity contribution in [2.24, 2.45) is 0 Å². The average Bonchev–Trinajstić information content (AvgIpc) is 3.28. The van der Waals surface area contributed by atoms with Crippen LogP contribution < -0.4 is 0 Å². The summed E-state index contributed by atoms with van der Waals surface area (Å²) in [6, 6.07) is 3.72. The van der Waals surface area contributed by atoms with Crippen LogP contribution in [0.15, 0.2) is 29.0 Å². The molecule has 3 heterocycles. The van der Waals surface area contributed by atoms with Gasteiger partial charge >= 0.3 is 0 Å². The van der Waals surface area contributed by atoms with E-state index < -0.39 is 10.0 Å². The smallest absolute Gasteiger partial charge is 0.259 e. The fourth-order valence-electron chi connectivity index (χ4n) is 3.17. The van der Waals surface area contributed by atoms with Crippen LogP contribution in [0.3, 0.4) is 0 Å². The van der Waals surface area contributed by atoms with Crippen molar-refractivity contribution >= 4 is 10.0 Å². The van der Waals surface area contributed by atoms with Crippen molar-refractivity contribution in [3.8, 4) is 11.5 Å². The number of pyridine rings is 1. The van der Waals surface area contributed by atoms with Gasteiger partial charge in [-0.15, -0.1) is 0 Å². The van der Waals surface area contributed by atoms with Crippen LogP contribution in [0.25, 0.3) is 11.5 Å². The molecule has 0 bridgehead atoms. The molecule has 0 N–H and O–H groups in total. The summed E-state index contributed by atoms with van der Waals surface area (Å²) in [5, 5.41) is 4.01. The lowest BCUT2D eigenvalue weighted by molar-refractivity contribution is 0.364. The summed E-state index contributed by atoms with van der Waals surface area (Å²) < 4.78 is 31.9. The molecule has 1 fully saturated rings. The summed E-state index contributed by atoms with van der Waals surface area (Å²) in [5.74, 6) is 1.30. The average molecular weight is 364 g/mol. The van der Waals surface area contributed by atoms with Crippen molar-refractivity contribution in [3.63, 3.8) is 0 Å². The van der Waals surface area contributed by atoms with E-state index in [4.69, 9.17) is 4.52 Å². The molecule has 1 unspecified atom stereocenters. The van der Waals surface area contributed by atoms with E-state index in [1.807, 2.05) is 19.1 Å². The first-order chi connectivity index (χ1) is 12.1. The highest BCUT2D eigenvalue weighted by Crippen LogP contribution is 2.25. The van der Waals surface area contributed by atoms with Gasteiger partial charge in [0.25, 0.3) is 5.89 Å². The zero-order valence-electron chi connectivity index (χ0n) is 14.5. The Morgan fingerprint density at radius 1 is 1.40 bits per heavy atom. The third-order valence-electron chi connectivity index (χ3n) is 4.51. The van der Waals surface area contributed by atoms with Crippen LogP contribution in [0.1, 0.15) is 44.9 Å². The van der Waals surface area contributed by atoms with Crippen molar-refractivity contribution in [3.05, 3.63) is 30.4 Å². The summed E-state index contributed by atoms with van der Waals surface area (Å²) in [7, 11) is -3.15. The first kappa shape index (κ1) is 18.0. The molecule has 1 saturated heterocycles.